The van der Waals surface area contributed by atoms with E-state index in [1.807, 2.05) is 23.8 Å². The highest BCUT2D eigenvalue weighted by Crippen LogP contribution is 2.32. The van der Waals surface area contributed by atoms with E-state index in [2.05, 4.69) is 0 Å². The highest BCUT2D eigenvalue weighted by atomic mass is 19.1. The molecule has 0 atom stereocenters. The fraction of sp³-hybridized carbons (Fsp3) is 0.174. The van der Waals surface area contributed by atoms with Crippen molar-refractivity contribution in [2.24, 2.45) is 7.05 Å². The highest BCUT2D eigenvalue weighted by Gasteiger charge is 2.34. The molecule has 0 N–H and O–H groups in total. The van der Waals surface area contributed by atoms with Crippen LogP contribution in [0.3, 0.4) is 0 Å². The molecule has 150 valence electrons. The number of hydrogen-bond donors (Lipinski definition) is 0. The lowest BCUT2D eigenvalue weighted by atomic mass is 9.95. The van der Waals surface area contributed by atoms with Gasteiger partial charge in [0.2, 0.25) is 0 Å². The Labute approximate surface area is 172 Å². The van der Waals surface area contributed by atoms with E-state index >= 15 is 0 Å². The minimum absolute atomic E-state index is 0.0441. The Morgan fingerprint density at radius 2 is 1.87 bits per heavy atom. The molecule has 7 heteroatoms. The maximum absolute atomic E-state index is 13.2. The Kier molecular flexibility index (Phi) is 4.63. The Morgan fingerprint density at radius 3 is 2.47 bits per heavy atom. The van der Waals surface area contributed by atoms with Gasteiger partial charge in [0.05, 0.1) is 11.2 Å². The second kappa shape index (κ2) is 7.16. The van der Waals surface area contributed by atoms with Crippen LogP contribution in [0.25, 0.3) is 28.4 Å². The normalized spacial score (nSPS) is 16.1. The number of amides is 2. The van der Waals surface area contributed by atoms with Crippen LogP contribution >= 0.6 is 0 Å². The molecule has 1 aromatic carbocycles. The summed E-state index contributed by atoms with van der Waals surface area (Å²) in [6, 6.07) is 11.7. The van der Waals surface area contributed by atoms with Crippen molar-refractivity contribution in [1.29, 1.82) is 5.26 Å². The number of rotatable bonds is 3. The van der Waals surface area contributed by atoms with E-state index in [0.717, 1.165) is 21.7 Å². The molecule has 0 saturated heterocycles. The summed E-state index contributed by atoms with van der Waals surface area (Å²) >= 11 is 0. The zero-order chi connectivity index (χ0) is 21.6. The molecule has 0 radical (unpaired) electrons. The Morgan fingerprint density at radius 1 is 1.17 bits per heavy atom. The van der Waals surface area contributed by atoms with Crippen LogP contribution in [0.5, 0.6) is 0 Å². The average Bonchev–Trinajstić information content (AvgIpc) is 3.25. The first kappa shape index (κ1) is 19.4. The summed E-state index contributed by atoms with van der Waals surface area (Å²) in [5.74, 6) is -0.895. The SMILES string of the molecule is CCN1C(=O)C(C#N)=C(C)/C(=C/c2cc3c(cc(-c4ccc(F)cc4)n3C)o2)C1=O. The van der Waals surface area contributed by atoms with Gasteiger partial charge >= 0.3 is 0 Å². The quantitative estimate of drug-likeness (QED) is 0.485. The van der Waals surface area contributed by atoms with Gasteiger partial charge in [-0.3, -0.25) is 14.5 Å². The van der Waals surface area contributed by atoms with Crippen LogP contribution in [0.1, 0.15) is 19.6 Å². The molecule has 0 aliphatic carbocycles. The molecule has 1 aliphatic rings. The Bertz CT molecular complexity index is 1300. The summed E-state index contributed by atoms with van der Waals surface area (Å²) in [4.78, 5) is 26.1. The van der Waals surface area contributed by atoms with Crippen molar-refractivity contribution in [1.82, 2.24) is 9.47 Å². The van der Waals surface area contributed by atoms with Crippen molar-refractivity contribution in [3.05, 3.63) is 64.7 Å². The Balaban J connectivity index is 1.79. The van der Waals surface area contributed by atoms with Crippen molar-refractivity contribution in [3.8, 4) is 17.3 Å². The number of likely N-dealkylation sites (N-methyl/N-ethyl adjacent to an activating group) is 1. The molecule has 6 nitrogen and oxygen atoms in total. The number of carbonyl (C=O) groups is 2. The van der Waals surface area contributed by atoms with Gasteiger partial charge in [0.1, 0.15) is 23.2 Å². The lowest BCUT2D eigenvalue weighted by Crippen LogP contribution is -2.42. The third kappa shape index (κ3) is 2.94. The van der Waals surface area contributed by atoms with Crippen LogP contribution in [0, 0.1) is 17.1 Å². The summed E-state index contributed by atoms with van der Waals surface area (Å²) in [6.07, 6.45) is 1.56. The van der Waals surface area contributed by atoms with Crippen LogP contribution in [0.4, 0.5) is 4.39 Å². The van der Waals surface area contributed by atoms with Gasteiger partial charge in [-0.2, -0.15) is 5.26 Å². The van der Waals surface area contributed by atoms with Gasteiger partial charge in [-0.25, -0.2) is 4.39 Å². The molecule has 0 fully saturated rings. The molecule has 30 heavy (non-hydrogen) atoms. The lowest BCUT2D eigenvalue weighted by molar-refractivity contribution is -0.140. The third-order valence-corrected chi connectivity index (χ3v) is 5.32. The molecule has 0 unspecified atom stereocenters. The fourth-order valence-corrected chi connectivity index (χ4v) is 3.66. The third-order valence-electron chi connectivity index (χ3n) is 5.32. The van der Waals surface area contributed by atoms with Crippen molar-refractivity contribution < 1.29 is 18.4 Å². The highest BCUT2D eigenvalue weighted by molar-refractivity contribution is 6.19. The van der Waals surface area contributed by atoms with Crippen LogP contribution in [-0.2, 0) is 16.6 Å². The topological polar surface area (TPSA) is 79.2 Å². The largest absolute Gasteiger partial charge is 0.455 e. The molecule has 0 spiro atoms. The number of imide groups is 1. The molecule has 2 amide bonds. The van der Waals surface area contributed by atoms with E-state index in [4.69, 9.17) is 4.42 Å². The fourth-order valence-electron chi connectivity index (χ4n) is 3.66. The number of aromatic nitrogens is 1. The van der Waals surface area contributed by atoms with E-state index in [0.29, 0.717) is 16.9 Å². The first-order valence-electron chi connectivity index (χ1n) is 9.40. The monoisotopic (exact) mass is 403 g/mol. The zero-order valence-electron chi connectivity index (χ0n) is 16.7. The van der Waals surface area contributed by atoms with E-state index in [-0.39, 0.29) is 23.5 Å². The molecular weight excluding hydrogens is 385 g/mol. The van der Waals surface area contributed by atoms with Gasteiger partial charge in [0, 0.05) is 31.3 Å². The first-order valence-corrected chi connectivity index (χ1v) is 9.40. The van der Waals surface area contributed by atoms with Crippen molar-refractivity contribution in [2.45, 2.75) is 13.8 Å². The second-order valence-corrected chi connectivity index (χ2v) is 7.02. The standard InChI is InChI=1S/C23H18FN3O3/c1-4-27-22(28)17(13(2)18(12-25)23(27)29)9-16-10-20-21(30-16)11-19(26(20)3)14-5-7-15(24)8-6-14/h5-11H,4H2,1-3H3/b17-9-. The van der Waals surface area contributed by atoms with Crippen molar-refractivity contribution >= 4 is 29.0 Å². The van der Waals surface area contributed by atoms with Gasteiger partial charge in [0.25, 0.3) is 11.8 Å². The van der Waals surface area contributed by atoms with E-state index in [9.17, 15) is 19.2 Å². The van der Waals surface area contributed by atoms with Crippen LogP contribution < -0.4 is 0 Å². The number of aryl methyl sites for hydroxylation is 1. The number of fused-ring (bicyclic) bond motifs is 1. The molecule has 0 saturated carbocycles. The number of halogens is 1. The summed E-state index contributed by atoms with van der Waals surface area (Å²) in [7, 11) is 1.87. The van der Waals surface area contributed by atoms with Crippen LogP contribution in [-0.4, -0.2) is 27.8 Å². The molecule has 3 heterocycles. The molecule has 4 rings (SSSR count). The number of furan rings is 1. The Hall–Kier alpha value is -3.92. The number of hydrogen-bond acceptors (Lipinski definition) is 4. The lowest BCUT2D eigenvalue weighted by Gasteiger charge is -2.25. The van der Waals surface area contributed by atoms with Crippen LogP contribution in [0.2, 0.25) is 0 Å². The molecule has 2 aromatic heterocycles. The number of nitriles is 1. The van der Waals surface area contributed by atoms with Gasteiger partial charge in [-0.15, -0.1) is 0 Å². The first-order chi connectivity index (χ1) is 14.3. The predicted octanol–water partition coefficient (Wildman–Crippen LogP) is 4.19. The summed E-state index contributed by atoms with van der Waals surface area (Å²) < 4.78 is 21.0. The summed E-state index contributed by atoms with van der Waals surface area (Å²) in [5, 5.41) is 9.34. The average molecular weight is 403 g/mol. The zero-order valence-corrected chi connectivity index (χ0v) is 16.7. The molecule has 0 bridgehead atoms. The summed E-state index contributed by atoms with van der Waals surface area (Å²) in [5.41, 5.74) is 3.67. The van der Waals surface area contributed by atoms with Crippen molar-refractivity contribution in [3.63, 3.8) is 0 Å². The van der Waals surface area contributed by atoms with Gasteiger partial charge in [-0.05, 0) is 55.3 Å². The summed E-state index contributed by atoms with van der Waals surface area (Å²) in [6.45, 7) is 3.44. The van der Waals surface area contributed by atoms with Gasteiger partial charge in [0.15, 0.2) is 5.58 Å². The van der Waals surface area contributed by atoms with E-state index in [1.165, 1.54) is 12.1 Å². The second-order valence-electron chi connectivity index (χ2n) is 7.02. The van der Waals surface area contributed by atoms with Crippen molar-refractivity contribution in [2.75, 3.05) is 6.54 Å². The van der Waals surface area contributed by atoms with E-state index in [1.54, 1.807) is 38.1 Å². The van der Waals surface area contributed by atoms with Gasteiger partial charge in [-0.1, -0.05) is 0 Å². The predicted molar refractivity (Wildman–Crippen MR) is 109 cm³/mol. The van der Waals surface area contributed by atoms with Crippen LogP contribution in [0.15, 0.2) is 57.5 Å². The number of carbonyl (C=O) groups excluding carboxylic acids is 2. The maximum Gasteiger partial charge on any atom is 0.271 e. The number of benzene rings is 1. The van der Waals surface area contributed by atoms with E-state index < -0.39 is 11.8 Å². The minimum atomic E-state index is -0.576. The smallest absolute Gasteiger partial charge is 0.271 e. The molecular formula is C23H18FN3O3. The molecule has 3 aromatic rings. The molecule has 1 aliphatic heterocycles. The number of nitrogens with zero attached hydrogens (tertiary/aromatic N) is 3. The maximum atomic E-state index is 13.2. The van der Waals surface area contributed by atoms with Gasteiger partial charge < -0.3 is 8.98 Å². The minimum Gasteiger partial charge on any atom is -0.455 e.